The zero-order valence-electron chi connectivity index (χ0n) is 11.2. The third kappa shape index (κ3) is 3.20. The molecule has 0 aliphatic carbocycles. The summed E-state index contributed by atoms with van der Waals surface area (Å²) in [4.78, 5) is 4.20. The molecule has 0 spiro atoms. The lowest BCUT2D eigenvalue weighted by Crippen LogP contribution is -2.20. The third-order valence-corrected chi connectivity index (χ3v) is 3.06. The van der Waals surface area contributed by atoms with Gasteiger partial charge in [-0.05, 0) is 25.8 Å². The monoisotopic (exact) mass is 244 g/mol. The molecule has 0 radical (unpaired) electrons. The molecule has 96 valence electrons. The molecule has 0 amide bonds. The summed E-state index contributed by atoms with van der Waals surface area (Å²) in [5.41, 5.74) is 2.60. The van der Waals surface area contributed by atoms with E-state index in [-0.39, 0.29) is 0 Å². The van der Waals surface area contributed by atoms with Crippen LogP contribution in [0.15, 0.2) is 34.9 Å². The molecule has 1 unspecified atom stereocenters. The lowest BCUT2D eigenvalue weighted by Gasteiger charge is -2.16. The van der Waals surface area contributed by atoms with E-state index in [4.69, 9.17) is 4.42 Å². The molecule has 1 aromatic heterocycles. The Morgan fingerprint density at radius 2 is 1.94 bits per heavy atom. The fraction of sp³-hybridized carbons (Fsp3) is 0.400. The lowest BCUT2D eigenvalue weighted by atomic mass is 10.0. The number of rotatable bonds is 5. The van der Waals surface area contributed by atoms with Crippen LogP contribution in [0.3, 0.4) is 0 Å². The first kappa shape index (κ1) is 12.8. The fourth-order valence-corrected chi connectivity index (χ4v) is 1.99. The van der Waals surface area contributed by atoms with Crippen LogP contribution < -0.4 is 5.32 Å². The van der Waals surface area contributed by atoms with Gasteiger partial charge in [-0.25, -0.2) is 4.98 Å². The first-order valence-corrected chi connectivity index (χ1v) is 6.40. The highest BCUT2D eigenvalue weighted by atomic mass is 16.4. The fourth-order valence-electron chi connectivity index (χ4n) is 1.99. The van der Waals surface area contributed by atoms with Crippen molar-refractivity contribution >= 4 is 0 Å². The Kier molecular flexibility index (Phi) is 4.15. The maximum absolute atomic E-state index is 5.46. The molecule has 2 rings (SSSR count). The van der Waals surface area contributed by atoms with Crippen molar-refractivity contribution in [2.45, 2.75) is 39.8 Å². The molecule has 2 aromatic rings. The number of hydrogen-bond acceptors (Lipinski definition) is 3. The van der Waals surface area contributed by atoms with Crippen molar-refractivity contribution in [1.29, 1.82) is 0 Å². The number of hydrogen-bond donors (Lipinski definition) is 1. The van der Waals surface area contributed by atoms with Crippen LogP contribution in [0, 0.1) is 13.8 Å². The largest absolute Gasteiger partial charge is 0.445 e. The van der Waals surface area contributed by atoms with Crippen molar-refractivity contribution in [2.75, 3.05) is 0 Å². The van der Waals surface area contributed by atoms with E-state index in [1.54, 1.807) is 6.20 Å². The van der Waals surface area contributed by atoms with Gasteiger partial charge in [-0.1, -0.05) is 36.8 Å². The molecule has 0 fully saturated rings. The van der Waals surface area contributed by atoms with Gasteiger partial charge in [0.25, 0.3) is 0 Å². The SMILES string of the molecule is CCC(NCc1ncc(C)o1)c1ccc(C)cc1. The Labute approximate surface area is 108 Å². The number of nitrogens with zero attached hydrogens (tertiary/aromatic N) is 1. The van der Waals surface area contributed by atoms with Gasteiger partial charge in [0.15, 0.2) is 0 Å². The molecule has 0 saturated heterocycles. The predicted molar refractivity (Wildman–Crippen MR) is 72.3 cm³/mol. The molecule has 1 heterocycles. The molecule has 1 aromatic carbocycles. The quantitative estimate of drug-likeness (QED) is 0.874. The summed E-state index contributed by atoms with van der Waals surface area (Å²) < 4.78 is 5.46. The second-order valence-electron chi connectivity index (χ2n) is 4.62. The highest BCUT2D eigenvalue weighted by Gasteiger charge is 2.09. The zero-order valence-corrected chi connectivity index (χ0v) is 11.2. The number of aromatic nitrogens is 1. The summed E-state index contributed by atoms with van der Waals surface area (Å²) >= 11 is 0. The second-order valence-corrected chi connectivity index (χ2v) is 4.62. The van der Waals surface area contributed by atoms with Crippen molar-refractivity contribution in [2.24, 2.45) is 0 Å². The Hall–Kier alpha value is -1.61. The van der Waals surface area contributed by atoms with E-state index in [1.807, 2.05) is 6.92 Å². The van der Waals surface area contributed by atoms with Crippen LogP contribution >= 0.6 is 0 Å². The number of nitrogens with one attached hydrogen (secondary N) is 1. The second kappa shape index (κ2) is 5.83. The van der Waals surface area contributed by atoms with E-state index in [2.05, 4.69) is 48.4 Å². The predicted octanol–water partition coefficient (Wildman–Crippen LogP) is 3.53. The Balaban J connectivity index is 1.99. The molecule has 0 aliphatic heterocycles. The van der Waals surface area contributed by atoms with E-state index in [1.165, 1.54) is 11.1 Å². The van der Waals surface area contributed by atoms with Crippen molar-refractivity contribution in [1.82, 2.24) is 10.3 Å². The summed E-state index contributed by atoms with van der Waals surface area (Å²) in [6.07, 6.45) is 2.80. The third-order valence-electron chi connectivity index (χ3n) is 3.06. The lowest BCUT2D eigenvalue weighted by molar-refractivity contribution is 0.420. The van der Waals surface area contributed by atoms with Gasteiger partial charge < -0.3 is 9.73 Å². The Morgan fingerprint density at radius 1 is 1.22 bits per heavy atom. The van der Waals surface area contributed by atoms with E-state index < -0.39 is 0 Å². The van der Waals surface area contributed by atoms with Crippen LogP contribution in [0.4, 0.5) is 0 Å². The molecular weight excluding hydrogens is 224 g/mol. The molecule has 0 aliphatic rings. The van der Waals surface area contributed by atoms with Gasteiger partial charge in [0.05, 0.1) is 12.7 Å². The van der Waals surface area contributed by atoms with Crippen LogP contribution in [0.2, 0.25) is 0 Å². The van der Waals surface area contributed by atoms with Gasteiger partial charge in [-0.3, -0.25) is 0 Å². The minimum absolute atomic E-state index is 0.345. The topological polar surface area (TPSA) is 38.1 Å². The number of benzene rings is 1. The van der Waals surface area contributed by atoms with Gasteiger partial charge in [0.2, 0.25) is 5.89 Å². The van der Waals surface area contributed by atoms with Gasteiger partial charge in [0, 0.05) is 6.04 Å². The van der Waals surface area contributed by atoms with Crippen LogP contribution in [-0.4, -0.2) is 4.98 Å². The van der Waals surface area contributed by atoms with Crippen LogP contribution in [0.25, 0.3) is 0 Å². The van der Waals surface area contributed by atoms with E-state index in [0.29, 0.717) is 12.6 Å². The van der Waals surface area contributed by atoms with Gasteiger partial charge in [-0.15, -0.1) is 0 Å². The van der Waals surface area contributed by atoms with Crippen LogP contribution in [0.1, 0.15) is 42.2 Å². The van der Waals surface area contributed by atoms with E-state index in [9.17, 15) is 0 Å². The minimum atomic E-state index is 0.345. The maximum atomic E-state index is 5.46. The molecule has 3 nitrogen and oxygen atoms in total. The Morgan fingerprint density at radius 3 is 2.50 bits per heavy atom. The normalized spacial score (nSPS) is 12.6. The summed E-state index contributed by atoms with van der Waals surface area (Å²) in [7, 11) is 0. The van der Waals surface area contributed by atoms with E-state index >= 15 is 0 Å². The van der Waals surface area contributed by atoms with Crippen LogP contribution in [0.5, 0.6) is 0 Å². The molecule has 1 atom stereocenters. The van der Waals surface area contributed by atoms with Crippen LogP contribution in [-0.2, 0) is 6.54 Å². The maximum Gasteiger partial charge on any atom is 0.208 e. The van der Waals surface area contributed by atoms with Gasteiger partial charge >= 0.3 is 0 Å². The smallest absolute Gasteiger partial charge is 0.208 e. The number of oxazole rings is 1. The summed E-state index contributed by atoms with van der Waals surface area (Å²) in [5.74, 6) is 1.60. The van der Waals surface area contributed by atoms with E-state index in [0.717, 1.165) is 18.1 Å². The van der Waals surface area contributed by atoms with Crippen molar-refractivity contribution in [3.63, 3.8) is 0 Å². The van der Waals surface area contributed by atoms with Crippen molar-refractivity contribution in [3.8, 4) is 0 Å². The highest BCUT2D eigenvalue weighted by molar-refractivity contribution is 5.24. The highest BCUT2D eigenvalue weighted by Crippen LogP contribution is 2.17. The average Bonchev–Trinajstić information content (AvgIpc) is 2.78. The summed E-state index contributed by atoms with van der Waals surface area (Å²) in [6.45, 7) is 6.86. The summed E-state index contributed by atoms with van der Waals surface area (Å²) in [5, 5.41) is 3.48. The molecular formula is C15H20N2O. The van der Waals surface area contributed by atoms with Gasteiger partial charge in [-0.2, -0.15) is 0 Å². The summed E-state index contributed by atoms with van der Waals surface area (Å²) in [6, 6.07) is 9.00. The average molecular weight is 244 g/mol. The molecule has 18 heavy (non-hydrogen) atoms. The molecule has 1 N–H and O–H groups in total. The van der Waals surface area contributed by atoms with Gasteiger partial charge in [0.1, 0.15) is 5.76 Å². The number of aryl methyl sites for hydroxylation is 2. The minimum Gasteiger partial charge on any atom is -0.445 e. The first-order chi connectivity index (χ1) is 8.69. The van der Waals surface area contributed by atoms with Crippen molar-refractivity contribution < 1.29 is 4.42 Å². The zero-order chi connectivity index (χ0) is 13.0. The molecule has 0 saturated carbocycles. The first-order valence-electron chi connectivity index (χ1n) is 6.40. The standard InChI is InChI=1S/C15H20N2O/c1-4-14(13-7-5-11(2)6-8-13)16-10-15-17-9-12(3)18-15/h5-9,14,16H,4,10H2,1-3H3. The van der Waals surface area contributed by atoms with Crippen molar-refractivity contribution in [3.05, 3.63) is 53.2 Å². The molecule has 3 heteroatoms. The Bertz CT molecular complexity index is 487. The molecule has 0 bridgehead atoms.